The van der Waals surface area contributed by atoms with Crippen LogP contribution < -0.4 is 10.6 Å². The molecule has 0 bridgehead atoms. The summed E-state index contributed by atoms with van der Waals surface area (Å²) in [6.07, 6.45) is 1.07. The molecule has 1 aromatic heterocycles. The first-order chi connectivity index (χ1) is 8.95. The van der Waals surface area contributed by atoms with E-state index in [1.165, 1.54) is 7.11 Å². The highest BCUT2D eigenvalue weighted by Gasteiger charge is 2.10. The Bertz CT molecular complexity index is 471. The van der Waals surface area contributed by atoms with Gasteiger partial charge >= 0.3 is 5.97 Å². The summed E-state index contributed by atoms with van der Waals surface area (Å²) in [5.41, 5.74) is 2.85. The van der Waals surface area contributed by atoms with E-state index in [-0.39, 0.29) is 5.97 Å². The number of methoxy groups -OCH3 is 1. The molecular formula is C12H20N4O2S. The van der Waals surface area contributed by atoms with Gasteiger partial charge in [-0.2, -0.15) is 5.10 Å². The average molecular weight is 284 g/mol. The Kier molecular flexibility index (Phi) is 5.75. The van der Waals surface area contributed by atoms with Crippen molar-refractivity contribution in [3.8, 4) is 0 Å². The number of nitrogens with one attached hydrogen (secondary N) is 2. The van der Waals surface area contributed by atoms with Gasteiger partial charge in [-0.3, -0.25) is 9.48 Å². The van der Waals surface area contributed by atoms with Gasteiger partial charge in [-0.25, -0.2) is 0 Å². The number of rotatable bonds is 5. The minimum atomic E-state index is -0.209. The topological polar surface area (TPSA) is 68.2 Å². The maximum Gasteiger partial charge on any atom is 0.305 e. The van der Waals surface area contributed by atoms with Crippen LogP contribution in [0, 0.1) is 13.8 Å². The molecule has 0 saturated heterocycles. The summed E-state index contributed by atoms with van der Waals surface area (Å²) in [5, 5.41) is 11.0. The predicted molar refractivity (Wildman–Crippen MR) is 78.2 cm³/mol. The van der Waals surface area contributed by atoms with Crippen molar-refractivity contribution in [2.24, 2.45) is 7.05 Å². The highest BCUT2D eigenvalue weighted by atomic mass is 32.1. The van der Waals surface area contributed by atoms with Gasteiger partial charge in [0, 0.05) is 20.0 Å². The molecule has 0 aromatic carbocycles. The number of hydrogen-bond donors (Lipinski definition) is 2. The Morgan fingerprint density at radius 3 is 2.68 bits per heavy atom. The van der Waals surface area contributed by atoms with Gasteiger partial charge in [-0.1, -0.05) is 0 Å². The number of anilines is 1. The van der Waals surface area contributed by atoms with Crippen molar-refractivity contribution in [2.75, 3.05) is 19.0 Å². The van der Waals surface area contributed by atoms with Crippen molar-refractivity contribution in [3.05, 3.63) is 11.4 Å². The SMILES string of the molecule is COC(=O)CCCNC(=S)Nc1c(C)nn(C)c1C. The first-order valence-electron chi connectivity index (χ1n) is 6.07. The number of nitrogens with zero attached hydrogens (tertiary/aromatic N) is 2. The first-order valence-corrected chi connectivity index (χ1v) is 6.48. The third-order valence-electron chi connectivity index (χ3n) is 2.82. The Hall–Kier alpha value is -1.63. The van der Waals surface area contributed by atoms with Gasteiger partial charge in [0.2, 0.25) is 0 Å². The standard InChI is InChI=1S/C12H20N4O2S/c1-8-11(9(2)16(3)15-8)14-12(19)13-7-5-6-10(17)18-4/h5-7H2,1-4H3,(H2,13,14,19). The number of carbonyl (C=O) groups excluding carboxylic acids is 1. The van der Waals surface area contributed by atoms with Crippen molar-refractivity contribution in [3.63, 3.8) is 0 Å². The molecule has 0 aliphatic carbocycles. The Morgan fingerprint density at radius 1 is 1.47 bits per heavy atom. The molecule has 0 atom stereocenters. The van der Waals surface area contributed by atoms with Gasteiger partial charge < -0.3 is 15.4 Å². The second-order valence-electron chi connectivity index (χ2n) is 4.23. The molecule has 2 N–H and O–H groups in total. The fourth-order valence-electron chi connectivity index (χ4n) is 1.65. The van der Waals surface area contributed by atoms with E-state index in [0.29, 0.717) is 24.5 Å². The van der Waals surface area contributed by atoms with Crippen LogP contribution in [0.25, 0.3) is 0 Å². The number of aryl methyl sites for hydroxylation is 2. The van der Waals surface area contributed by atoms with Crippen molar-refractivity contribution < 1.29 is 9.53 Å². The third-order valence-corrected chi connectivity index (χ3v) is 3.06. The molecule has 0 fully saturated rings. The zero-order chi connectivity index (χ0) is 14.4. The van der Waals surface area contributed by atoms with Crippen LogP contribution in [0.3, 0.4) is 0 Å². The zero-order valence-corrected chi connectivity index (χ0v) is 12.6. The molecule has 0 aliphatic heterocycles. The van der Waals surface area contributed by atoms with Gasteiger partial charge in [0.25, 0.3) is 0 Å². The normalized spacial score (nSPS) is 10.1. The number of ether oxygens (including phenoxy) is 1. The van der Waals surface area contributed by atoms with E-state index >= 15 is 0 Å². The maximum atomic E-state index is 10.9. The molecule has 0 amide bonds. The van der Waals surface area contributed by atoms with Crippen LogP contribution in [0.2, 0.25) is 0 Å². The molecule has 7 heteroatoms. The molecule has 19 heavy (non-hydrogen) atoms. The summed E-state index contributed by atoms with van der Waals surface area (Å²) in [4.78, 5) is 10.9. The summed E-state index contributed by atoms with van der Waals surface area (Å²) in [5.74, 6) is -0.209. The van der Waals surface area contributed by atoms with E-state index in [1.54, 1.807) is 4.68 Å². The zero-order valence-electron chi connectivity index (χ0n) is 11.7. The second kappa shape index (κ2) is 7.08. The molecule has 1 aromatic rings. The molecule has 0 aliphatic rings. The highest BCUT2D eigenvalue weighted by molar-refractivity contribution is 7.80. The summed E-state index contributed by atoms with van der Waals surface area (Å²) in [6.45, 7) is 4.52. The van der Waals surface area contributed by atoms with Gasteiger partial charge in [-0.05, 0) is 32.5 Å². The van der Waals surface area contributed by atoms with Crippen molar-refractivity contribution in [1.82, 2.24) is 15.1 Å². The van der Waals surface area contributed by atoms with Crippen molar-refractivity contribution >= 4 is 29.0 Å². The Labute approximate surface area is 118 Å². The van der Waals surface area contributed by atoms with Crippen molar-refractivity contribution in [1.29, 1.82) is 0 Å². The maximum absolute atomic E-state index is 10.9. The molecule has 6 nitrogen and oxygen atoms in total. The summed E-state index contributed by atoms with van der Waals surface area (Å²) in [7, 11) is 3.27. The lowest BCUT2D eigenvalue weighted by Crippen LogP contribution is -2.30. The molecule has 0 radical (unpaired) electrons. The van der Waals surface area contributed by atoms with Gasteiger partial charge in [0.05, 0.1) is 24.2 Å². The quantitative estimate of drug-likeness (QED) is 0.482. The fraction of sp³-hybridized carbons (Fsp3) is 0.583. The van der Waals surface area contributed by atoms with Crippen LogP contribution >= 0.6 is 12.2 Å². The largest absolute Gasteiger partial charge is 0.469 e. The number of carbonyl (C=O) groups is 1. The first kappa shape index (κ1) is 15.4. The number of esters is 1. The third kappa shape index (κ3) is 4.51. The minimum Gasteiger partial charge on any atom is -0.469 e. The highest BCUT2D eigenvalue weighted by Crippen LogP contribution is 2.17. The fourth-order valence-corrected chi connectivity index (χ4v) is 1.85. The monoisotopic (exact) mass is 284 g/mol. The molecule has 1 heterocycles. The van der Waals surface area contributed by atoms with E-state index < -0.39 is 0 Å². The van der Waals surface area contributed by atoms with Gasteiger partial charge in [-0.15, -0.1) is 0 Å². The van der Waals surface area contributed by atoms with E-state index in [0.717, 1.165) is 17.1 Å². The number of thiocarbonyl (C=S) groups is 1. The van der Waals surface area contributed by atoms with Crippen LogP contribution in [0.15, 0.2) is 0 Å². The van der Waals surface area contributed by atoms with Crippen LogP contribution in [0.5, 0.6) is 0 Å². The number of hydrogen-bond acceptors (Lipinski definition) is 4. The van der Waals surface area contributed by atoms with Crippen LogP contribution in [0.4, 0.5) is 5.69 Å². The molecule has 0 unspecified atom stereocenters. The lowest BCUT2D eigenvalue weighted by molar-refractivity contribution is -0.140. The number of aromatic nitrogens is 2. The van der Waals surface area contributed by atoms with Gasteiger partial charge in [0.1, 0.15) is 0 Å². The lowest BCUT2D eigenvalue weighted by atomic mass is 10.3. The lowest BCUT2D eigenvalue weighted by Gasteiger charge is -2.10. The predicted octanol–water partition coefficient (Wildman–Crippen LogP) is 1.28. The minimum absolute atomic E-state index is 0.209. The van der Waals surface area contributed by atoms with Crippen LogP contribution in [-0.4, -0.2) is 34.5 Å². The summed E-state index contributed by atoms with van der Waals surface area (Å²) in [6, 6.07) is 0. The smallest absolute Gasteiger partial charge is 0.305 e. The summed E-state index contributed by atoms with van der Waals surface area (Å²) >= 11 is 5.20. The van der Waals surface area contributed by atoms with E-state index in [1.807, 2.05) is 20.9 Å². The van der Waals surface area contributed by atoms with Crippen LogP contribution in [0.1, 0.15) is 24.2 Å². The second-order valence-corrected chi connectivity index (χ2v) is 4.64. The molecule has 0 saturated carbocycles. The van der Waals surface area contributed by atoms with Gasteiger partial charge in [0.15, 0.2) is 5.11 Å². The molecule has 1 rings (SSSR count). The Balaban J connectivity index is 2.37. The van der Waals surface area contributed by atoms with Crippen molar-refractivity contribution in [2.45, 2.75) is 26.7 Å². The molecule has 0 spiro atoms. The van der Waals surface area contributed by atoms with E-state index in [2.05, 4.69) is 20.5 Å². The molecular weight excluding hydrogens is 264 g/mol. The Morgan fingerprint density at radius 2 is 2.16 bits per heavy atom. The molecule has 106 valence electrons. The summed E-state index contributed by atoms with van der Waals surface area (Å²) < 4.78 is 6.36. The van der Waals surface area contributed by atoms with E-state index in [9.17, 15) is 4.79 Å². The average Bonchev–Trinajstić information content (AvgIpc) is 2.61. The van der Waals surface area contributed by atoms with Crippen LogP contribution in [-0.2, 0) is 16.6 Å². The van der Waals surface area contributed by atoms with E-state index in [4.69, 9.17) is 12.2 Å².